The van der Waals surface area contributed by atoms with Crippen molar-refractivity contribution in [1.29, 1.82) is 0 Å². The van der Waals surface area contributed by atoms with Crippen molar-refractivity contribution in [3.05, 3.63) is 0 Å². The van der Waals surface area contributed by atoms with Crippen LogP contribution in [0.5, 0.6) is 0 Å². The van der Waals surface area contributed by atoms with E-state index in [0.29, 0.717) is 6.04 Å². The number of hydrogen-bond donors (Lipinski definition) is 1. The lowest BCUT2D eigenvalue weighted by molar-refractivity contribution is 0.176. The maximum atomic E-state index is 3.52. The van der Waals surface area contributed by atoms with Crippen LogP contribution in [0.3, 0.4) is 0 Å². The number of hydrogen-bond acceptors (Lipinski definition) is 2. The standard InChI is InChI=1S/C14H28N2.ClH/c1-12-4-3-5-14(10-12)6-8-16-9-7-15-13(2)11-16;/h12-15H,3-11H2,1-2H3;1H. The highest BCUT2D eigenvalue weighted by Gasteiger charge is 2.21. The normalized spacial score (nSPS) is 35.3. The van der Waals surface area contributed by atoms with Gasteiger partial charge >= 0.3 is 0 Å². The van der Waals surface area contributed by atoms with Crippen molar-refractivity contribution in [2.75, 3.05) is 26.2 Å². The van der Waals surface area contributed by atoms with E-state index in [1.165, 1.54) is 58.3 Å². The van der Waals surface area contributed by atoms with Gasteiger partial charge in [0.05, 0.1) is 0 Å². The van der Waals surface area contributed by atoms with Gasteiger partial charge in [-0.25, -0.2) is 0 Å². The lowest BCUT2D eigenvalue weighted by atomic mass is 9.81. The van der Waals surface area contributed by atoms with Gasteiger partial charge in [0.15, 0.2) is 0 Å². The minimum absolute atomic E-state index is 0. The Kier molecular flexibility index (Phi) is 6.83. The Bertz CT molecular complexity index is 188. The van der Waals surface area contributed by atoms with E-state index < -0.39 is 0 Å². The molecule has 0 spiro atoms. The largest absolute Gasteiger partial charge is 0.312 e. The van der Waals surface area contributed by atoms with Gasteiger partial charge < -0.3 is 10.2 Å². The lowest BCUT2D eigenvalue weighted by Gasteiger charge is -2.34. The van der Waals surface area contributed by atoms with Crippen molar-refractivity contribution in [3.8, 4) is 0 Å². The summed E-state index contributed by atoms with van der Waals surface area (Å²) in [5, 5.41) is 3.52. The fraction of sp³-hybridized carbons (Fsp3) is 1.00. The smallest absolute Gasteiger partial charge is 0.0167 e. The highest BCUT2D eigenvalue weighted by atomic mass is 35.5. The number of nitrogens with zero attached hydrogens (tertiary/aromatic N) is 1. The first-order valence-corrected chi connectivity index (χ1v) is 7.20. The first kappa shape index (κ1) is 15.3. The SMILES string of the molecule is CC1CCCC(CCN2CCNC(C)C2)C1.Cl. The summed E-state index contributed by atoms with van der Waals surface area (Å²) < 4.78 is 0. The van der Waals surface area contributed by atoms with Crippen LogP contribution < -0.4 is 5.32 Å². The average molecular weight is 261 g/mol. The van der Waals surface area contributed by atoms with Crippen molar-refractivity contribution >= 4 is 12.4 Å². The molecule has 1 N–H and O–H groups in total. The third-order valence-electron chi connectivity index (χ3n) is 4.35. The van der Waals surface area contributed by atoms with E-state index in [2.05, 4.69) is 24.1 Å². The molecule has 2 aliphatic rings. The molecule has 1 saturated carbocycles. The molecule has 102 valence electrons. The first-order valence-electron chi connectivity index (χ1n) is 7.20. The van der Waals surface area contributed by atoms with E-state index >= 15 is 0 Å². The minimum atomic E-state index is 0. The lowest BCUT2D eigenvalue weighted by Crippen LogP contribution is -2.49. The molecule has 0 radical (unpaired) electrons. The van der Waals surface area contributed by atoms with Crippen molar-refractivity contribution < 1.29 is 0 Å². The molecule has 0 aromatic heterocycles. The van der Waals surface area contributed by atoms with Crippen LogP contribution in [0.4, 0.5) is 0 Å². The topological polar surface area (TPSA) is 15.3 Å². The summed E-state index contributed by atoms with van der Waals surface area (Å²) in [6.07, 6.45) is 7.37. The molecule has 3 unspecified atom stereocenters. The summed E-state index contributed by atoms with van der Waals surface area (Å²) in [5.41, 5.74) is 0. The first-order chi connectivity index (χ1) is 7.74. The van der Waals surface area contributed by atoms with Gasteiger partial charge in [-0.2, -0.15) is 0 Å². The van der Waals surface area contributed by atoms with Crippen LogP contribution in [0, 0.1) is 11.8 Å². The Balaban J connectivity index is 0.00000144. The molecule has 0 aromatic rings. The van der Waals surface area contributed by atoms with Gasteiger partial charge in [0, 0.05) is 25.7 Å². The van der Waals surface area contributed by atoms with E-state index in [9.17, 15) is 0 Å². The fourth-order valence-corrected chi connectivity index (χ4v) is 3.40. The van der Waals surface area contributed by atoms with Crippen LogP contribution >= 0.6 is 12.4 Å². The molecule has 17 heavy (non-hydrogen) atoms. The van der Waals surface area contributed by atoms with Crippen molar-refractivity contribution in [3.63, 3.8) is 0 Å². The number of nitrogens with one attached hydrogen (secondary N) is 1. The maximum absolute atomic E-state index is 3.52. The van der Waals surface area contributed by atoms with Crippen LogP contribution in [0.1, 0.15) is 46.0 Å². The van der Waals surface area contributed by atoms with Crippen molar-refractivity contribution in [1.82, 2.24) is 10.2 Å². The molecular formula is C14H29ClN2. The molecule has 1 aliphatic heterocycles. The van der Waals surface area contributed by atoms with Crippen LogP contribution in [0.15, 0.2) is 0 Å². The Morgan fingerprint density at radius 1 is 1.24 bits per heavy atom. The quantitative estimate of drug-likeness (QED) is 0.840. The molecule has 1 heterocycles. The van der Waals surface area contributed by atoms with E-state index in [-0.39, 0.29) is 12.4 Å². The van der Waals surface area contributed by atoms with Crippen LogP contribution in [-0.2, 0) is 0 Å². The van der Waals surface area contributed by atoms with E-state index in [4.69, 9.17) is 0 Å². The third-order valence-corrected chi connectivity index (χ3v) is 4.35. The summed E-state index contributed by atoms with van der Waals surface area (Å²) in [6.45, 7) is 9.76. The summed E-state index contributed by atoms with van der Waals surface area (Å²) in [4.78, 5) is 2.65. The highest BCUT2D eigenvalue weighted by Crippen LogP contribution is 2.30. The zero-order chi connectivity index (χ0) is 11.4. The summed E-state index contributed by atoms with van der Waals surface area (Å²) in [7, 11) is 0. The van der Waals surface area contributed by atoms with Crippen LogP contribution in [0.25, 0.3) is 0 Å². The van der Waals surface area contributed by atoms with Gasteiger partial charge in [0.2, 0.25) is 0 Å². The number of halogens is 1. The second kappa shape index (κ2) is 7.60. The molecule has 0 aromatic carbocycles. The van der Waals surface area contributed by atoms with Gasteiger partial charge in [0.1, 0.15) is 0 Å². The highest BCUT2D eigenvalue weighted by molar-refractivity contribution is 5.85. The van der Waals surface area contributed by atoms with Gasteiger partial charge in [-0.3, -0.25) is 0 Å². The second-order valence-corrected chi connectivity index (χ2v) is 6.08. The predicted octanol–water partition coefficient (Wildman–Crippen LogP) is 2.92. The minimum Gasteiger partial charge on any atom is -0.312 e. The van der Waals surface area contributed by atoms with E-state index in [1.807, 2.05) is 0 Å². The molecule has 0 amide bonds. The zero-order valence-electron chi connectivity index (χ0n) is 11.5. The monoisotopic (exact) mass is 260 g/mol. The van der Waals surface area contributed by atoms with Gasteiger partial charge in [-0.1, -0.05) is 26.2 Å². The van der Waals surface area contributed by atoms with Crippen molar-refractivity contribution in [2.45, 2.75) is 52.0 Å². The maximum Gasteiger partial charge on any atom is 0.0167 e. The van der Waals surface area contributed by atoms with E-state index in [1.54, 1.807) is 0 Å². The Morgan fingerprint density at radius 2 is 2.06 bits per heavy atom. The second-order valence-electron chi connectivity index (χ2n) is 6.08. The summed E-state index contributed by atoms with van der Waals surface area (Å²) in [5.74, 6) is 2.01. The Morgan fingerprint density at radius 3 is 2.76 bits per heavy atom. The molecule has 2 fully saturated rings. The average Bonchev–Trinajstić information content (AvgIpc) is 2.27. The Hall–Kier alpha value is 0.210. The molecule has 3 heteroatoms. The number of piperazine rings is 1. The number of rotatable bonds is 3. The molecule has 2 rings (SSSR count). The molecule has 3 atom stereocenters. The molecule has 1 aliphatic carbocycles. The van der Waals surface area contributed by atoms with Crippen LogP contribution in [-0.4, -0.2) is 37.1 Å². The van der Waals surface area contributed by atoms with Gasteiger partial charge in [-0.15, -0.1) is 12.4 Å². The zero-order valence-corrected chi connectivity index (χ0v) is 12.3. The fourth-order valence-electron chi connectivity index (χ4n) is 3.40. The molecular weight excluding hydrogens is 232 g/mol. The van der Waals surface area contributed by atoms with Crippen LogP contribution in [0.2, 0.25) is 0 Å². The molecule has 0 bridgehead atoms. The van der Waals surface area contributed by atoms with E-state index in [0.717, 1.165) is 11.8 Å². The summed E-state index contributed by atoms with van der Waals surface area (Å²) >= 11 is 0. The van der Waals surface area contributed by atoms with Crippen molar-refractivity contribution in [2.24, 2.45) is 11.8 Å². The van der Waals surface area contributed by atoms with Gasteiger partial charge in [-0.05, 0) is 38.1 Å². The van der Waals surface area contributed by atoms with Gasteiger partial charge in [0.25, 0.3) is 0 Å². The third kappa shape index (κ3) is 5.15. The molecule has 2 nitrogen and oxygen atoms in total. The molecule has 1 saturated heterocycles. The Labute approximate surface area is 113 Å². The summed E-state index contributed by atoms with van der Waals surface area (Å²) in [6, 6.07) is 0.694. The predicted molar refractivity (Wildman–Crippen MR) is 76.9 cm³/mol.